The summed E-state index contributed by atoms with van der Waals surface area (Å²) in [5, 5.41) is 4.16. The van der Waals surface area contributed by atoms with E-state index in [0.29, 0.717) is 0 Å². The van der Waals surface area contributed by atoms with Crippen LogP contribution in [0.1, 0.15) is 5.56 Å². The van der Waals surface area contributed by atoms with Crippen molar-refractivity contribution in [2.24, 2.45) is 0 Å². The van der Waals surface area contributed by atoms with Gasteiger partial charge in [0.2, 0.25) is 0 Å². The van der Waals surface area contributed by atoms with Crippen molar-refractivity contribution in [1.82, 2.24) is 4.98 Å². The van der Waals surface area contributed by atoms with E-state index in [-0.39, 0.29) is 0 Å². The minimum atomic E-state index is 0.758. The molecular formula is C47H30N2O3. The van der Waals surface area contributed by atoms with Crippen LogP contribution in [0.4, 0.5) is 17.1 Å². The number of anilines is 3. The van der Waals surface area contributed by atoms with E-state index in [1.165, 1.54) is 12.0 Å². The van der Waals surface area contributed by atoms with Crippen LogP contribution in [-0.4, -0.2) is 4.98 Å². The lowest BCUT2D eigenvalue weighted by atomic mass is 9.98. The molecule has 0 saturated heterocycles. The topological polar surface area (TPSA) is 55.6 Å². The smallest absolute Gasteiger partial charge is 0.182 e. The number of aromatic nitrogens is 1. The van der Waals surface area contributed by atoms with Crippen LogP contribution in [0.25, 0.3) is 83.3 Å². The zero-order valence-electron chi connectivity index (χ0n) is 28.0. The highest BCUT2D eigenvalue weighted by atomic mass is 16.3. The maximum atomic E-state index is 6.67. The zero-order chi connectivity index (χ0) is 34.6. The third kappa shape index (κ3) is 4.83. The fraction of sp³-hybridized carbons (Fsp3) is 0. The fourth-order valence-corrected chi connectivity index (χ4v) is 7.40. The number of hydrogen-bond acceptors (Lipinski definition) is 5. The molecule has 0 aliphatic heterocycles. The normalized spacial score (nSPS) is 11.8. The summed E-state index contributed by atoms with van der Waals surface area (Å²) < 4.78 is 19.1. The summed E-state index contributed by atoms with van der Waals surface area (Å²) in [7, 11) is 0. The molecule has 246 valence electrons. The van der Waals surface area contributed by atoms with Crippen molar-refractivity contribution in [3.05, 3.63) is 176 Å². The summed E-state index contributed by atoms with van der Waals surface area (Å²) in [5.41, 5.74) is 13.1. The molecular weight excluding hydrogens is 641 g/mol. The van der Waals surface area contributed by atoms with Crippen molar-refractivity contribution in [3.63, 3.8) is 0 Å². The molecule has 0 atom stereocenters. The van der Waals surface area contributed by atoms with Gasteiger partial charge in [-0.05, 0) is 76.9 Å². The summed E-state index contributed by atoms with van der Waals surface area (Å²) in [6.45, 7) is 3.82. The fourth-order valence-electron chi connectivity index (χ4n) is 7.40. The lowest BCUT2D eigenvalue weighted by molar-refractivity contribution is 0.603. The van der Waals surface area contributed by atoms with Gasteiger partial charge < -0.3 is 18.2 Å². The predicted octanol–water partition coefficient (Wildman–Crippen LogP) is 13.6. The van der Waals surface area contributed by atoms with Gasteiger partial charge in [0.25, 0.3) is 0 Å². The van der Waals surface area contributed by atoms with Gasteiger partial charge in [0.1, 0.15) is 22.3 Å². The van der Waals surface area contributed by atoms with Gasteiger partial charge in [0.15, 0.2) is 17.6 Å². The third-order valence-electron chi connectivity index (χ3n) is 9.78. The molecule has 0 radical (unpaired) electrons. The second kappa shape index (κ2) is 12.0. The van der Waals surface area contributed by atoms with Crippen molar-refractivity contribution in [1.29, 1.82) is 0 Å². The Morgan fingerprint density at radius 1 is 0.558 bits per heavy atom. The summed E-state index contributed by atoms with van der Waals surface area (Å²) in [6, 6.07) is 50.4. The largest absolute Gasteiger partial charge is 0.456 e. The first-order chi connectivity index (χ1) is 25.7. The number of hydrogen-bond donors (Lipinski definition) is 0. The summed E-state index contributed by atoms with van der Waals surface area (Å²) in [5.74, 6) is 0. The van der Waals surface area contributed by atoms with E-state index in [0.717, 1.165) is 94.3 Å². The van der Waals surface area contributed by atoms with Crippen LogP contribution in [0.15, 0.2) is 184 Å². The van der Waals surface area contributed by atoms with E-state index < -0.39 is 0 Å². The molecule has 0 unspecified atom stereocenters. The first-order valence-electron chi connectivity index (χ1n) is 17.2. The SMILES string of the molecule is C=C/C=C\c1ccc2oc3c(N(c4ccc(-c5ccccc5)cc4)c4ccc5c(c4)oc4cccc(-c6cccc7ncoc67)c45)cccc3c2c1. The molecule has 0 aliphatic carbocycles. The van der Waals surface area contributed by atoms with E-state index in [4.69, 9.17) is 13.3 Å². The highest BCUT2D eigenvalue weighted by Gasteiger charge is 2.22. The maximum absolute atomic E-state index is 6.67. The Bertz CT molecular complexity index is 2980. The number of benzene rings is 7. The second-order valence-electron chi connectivity index (χ2n) is 12.8. The molecule has 0 amide bonds. The molecule has 0 fully saturated rings. The standard InChI is InChI=1S/C47H30N2O3/c1-2-3-10-30-19-26-42-39(27-30)37-15-8-17-41(47(37)52-42)49(33-22-20-32(21-23-33)31-11-5-4-6-12-31)34-24-25-38-44(28-34)51-43-18-9-13-35(45(38)43)36-14-7-16-40-46(36)50-29-48-40/h2-29H,1H2/b10-3-. The zero-order valence-corrected chi connectivity index (χ0v) is 28.0. The van der Waals surface area contributed by atoms with Crippen LogP contribution in [0.5, 0.6) is 0 Å². The molecule has 10 aromatic rings. The Morgan fingerprint density at radius 3 is 2.25 bits per heavy atom. The first-order valence-corrected chi connectivity index (χ1v) is 17.2. The Labute approximate surface area is 299 Å². The Kier molecular flexibility index (Phi) is 6.89. The Hall–Kier alpha value is -7.11. The van der Waals surface area contributed by atoms with Crippen molar-refractivity contribution in [3.8, 4) is 22.3 Å². The number of furan rings is 2. The molecule has 5 heteroatoms. The highest BCUT2D eigenvalue weighted by Crippen LogP contribution is 2.45. The molecule has 3 heterocycles. The molecule has 0 spiro atoms. The first kappa shape index (κ1) is 29.8. The molecule has 0 N–H and O–H groups in total. The average Bonchev–Trinajstić information content (AvgIpc) is 3.93. The van der Waals surface area contributed by atoms with Gasteiger partial charge in [-0.3, -0.25) is 0 Å². The average molecular weight is 671 g/mol. The molecule has 0 saturated carbocycles. The minimum Gasteiger partial charge on any atom is -0.456 e. The van der Waals surface area contributed by atoms with Crippen LogP contribution >= 0.6 is 0 Å². The van der Waals surface area contributed by atoms with Gasteiger partial charge in [0.05, 0.1) is 11.4 Å². The summed E-state index contributed by atoms with van der Waals surface area (Å²) >= 11 is 0. The van der Waals surface area contributed by atoms with Crippen LogP contribution in [0.2, 0.25) is 0 Å². The molecule has 52 heavy (non-hydrogen) atoms. The maximum Gasteiger partial charge on any atom is 0.182 e. The molecule has 7 aromatic carbocycles. The van der Waals surface area contributed by atoms with E-state index in [1.807, 2.05) is 42.5 Å². The molecule has 0 aliphatic rings. The van der Waals surface area contributed by atoms with Crippen LogP contribution in [0.3, 0.4) is 0 Å². The number of para-hydroxylation sites is 2. The molecule has 0 bridgehead atoms. The van der Waals surface area contributed by atoms with Gasteiger partial charge in [-0.25, -0.2) is 4.98 Å². The van der Waals surface area contributed by atoms with Crippen molar-refractivity contribution in [2.75, 3.05) is 4.90 Å². The van der Waals surface area contributed by atoms with Gasteiger partial charge in [0, 0.05) is 38.9 Å². The van der Waals surface area contributed by atoms with E-state index in [2.05, 4.69) is 132 Å². The highest BCUT2D eigenvalue weighted by molar-refractivity contribution is 6.15. The number of oxazole rings is 1. The summed E-state index contributed by atoms with van der Waals surface area (Å²) in [6.07, 6.45) is 7.28. The number of nitrogens with zero attached hydrogens (tertiary/aromatic N) is 2. The summed E-state index contributed by atoms with van der Waals surface area (Å²) in [4.78, 5) is 6.64. The predicted molar refractivity (Wildman–Crippen MR) is 213 cm³/mol. The molecule has 5 nitrogen and oxygen atoms in total. The Balaban J connectivity index is 1.17. The van der Waals surface area contributed by atoms with E-state index >= 15 is 0 Å². The van der Waals surface area contributed by atoms with E-state index in [9.17, 15) is 0 Å². The van der Waals surface area contributed by atoms with Crippen LogP contribution in [0, 0.1) is 0 Å². The molecule has 3 aromatic heterocycles. The van der Waals surface area contributed by atoms with E-state index in [1.54, 1.807) is 6.08 Å². The number of fused-ring (bicyclic) bond motifs is 7. The van der Waals surface area contributed by atoms with Gasteiger partial charge in [-0.15, -0.1) is 0 Å². The monoisotopic (exact) mass is 670 g/mol. The van der Waals surface area contributed by atoms with Gasteiger partial charge >= 0.3 is 0 Å². The Morgan fingerprint density at radius 2 is 1.37 bits per heavy atom. The third-order valence-corrected chi connectivity index (χ3v) is 9.78. The van der Waals surface area contributed by atoms with Crippen LogP contribution in [-0.2, 0) is 0 Å². The quantitative estimate of drug-likeness (QED) is 0.158. The van der Waals surface area contributed by atoms with Crippen LogP contribution < -0.4 is 4.90 Å². The van der Waals surface area contributed by atoms with Gasteiger partial charge in [-0.1, -0.05) is 110 Å². The second-order valence-corrected chi connectivity index (χ2v) is 12.8. The van der Waals surface area contributed by atoms with Crippen molar-refractivity contribution < 1.29 is 13.3 Å². The minimum absolute atomic E-state index is 0.758. The number of allylic oxidation sites excluding steroid dienone is 2. The van der Waals surface area contributed by atoms with Crippen molar-refractivity contribution >= 4 is 78.1 Å². The van der Waals surface area contributed by atoms with Gasteiger partial charge in [-0.2, -0.15) is 0 Å². The lowest BCUT2D eigenvalue weighted by Crippen LogP contribution is -2.10. The van der Waals surface area contributed by atoms with Crippen molar-refractivity contribution in [2.45, 2.75) is 0 Å². The molecule has 10 rings (SSSR count). The number of rotatable bonds is 7. The lowest BCUT2D eigenvalue weighted by Gasteiger charge is -2.25.